The SMILES string of the molecule is Cc1oc(CNC2CC2)cc1COc1cc(Br)ccc1F. The number of rotatable bonds is 6. The Labute approximate surface area is 131 Å². The second kappa shape index (κ2) is 6.20. The molecule has 1 saturated carbocycles. The highest BCUT2D eigenvalue weighted by Gasteiger charge is 2.21. The zero-order valence-corrected chi connectivity index (χ0v) is 13.4. The minimum absolute atomic E-state index is 0.239. The predicted octanol–water partition coefficient (Wildman–Crippen LogP) is 4.32. The van der Waals surface area contributed by atoms with Crippen LogP contribution in [0.5, 0.6) is 5.75 Å². The van der Waals surface area contributed by atoms with Gasteiger partial charge in [-0.3, -0.25) is 0 Å². The number of hydrogen-bond donors (Lipinski definition) is 1. The van der Waals surface area contributed by atoms with Gasteiger partial charge in [-0.05, 0) is 44.0 Å². The lowest BCUT2D eigenvalue weighted by molar-refractivity contribution is 0.287. The molecule has 3 nitrogen and oxygen atoms in total. The van der Waals surface area contributed by atoms with Crippen LogP contribution in [0.25, 0.3) is 0 Å². The van der Waals surface area contributed by atoms with E-state index in [9.17, 15) is 4.39 Å². The molecule has 0 saturated heterocycles. The summed E-state index contributed by atoms with van der Waals surface area (Å²) >= 11 is 3.31. The fraction of sp³-hybridized carbons (Fsp3) is 0.375. The van der Waals surface area contributed by atoms with Gasteiger partial charge in [0.25, 0.3) is 0 Å². The number of furan rings is 1. The second-order valence-electron chi connectivity index (χ2n) is 5.31. The number of aryl methyl sites for hydroxylation is 1. The Kier molecular flexibility index (Phi) is 4.31. The molecule has 5 heteroatoms. The molecule has 1 heterocycles. The van der Waals surface area contributed by atoms with E-state index in [-0.39, 0.29) is 11.6 Å². The summed E-state index contributed by atoms with van der Waals surface area (Å²) in [7, 11) is 0. The minimum Gasteiger partial charge on any atom is -0.486 e. The lowest BCUT2D eigenvalue weighted by atomic mass is 10.2. The Morgan fingerprint density at radius 2 is 2.19 bits per heavy atom. The third-order valence-electron chi connectivity index (χ3n) is 3.49. The average molecular weight is 354 g/mol. The van der Waals surface area contributed by atoms with E-state index in [1.807, 2.05) is 13.0 Å². The molecule has 1 aromatic heterocycles. The van der Waals surface area contributed by atoms with Crippen molar-refractivity contribution in [1.29, 1.82) is 0 Å². The van der Waals surface area contributed by atoms with Crippen molar-refractivity contribution in [3.05, 3.63) is 51.6 Å². The minimum atomic E-state index is -0.366. The van der Waals surface area contributed by atoms with Crippen LogP contribution in [0.1, 0.15) is 29.9 Å². The number of ether oxygens (including phenoxy) is 1. The molecule has 2 aromatic rings. The third-order valence-corrected chi connectivity index (χ3v) is 3.98. The fourth-order valence-electron chi connectivity index (χ4n) is 2.09. The van der Waals surface area contributed by atoms with Gasteiger partial charge >= 0.3 is 0 Å². The van der Waals surface area contributed by atoms with Gasteiger partial charge in [0, 0.05) is 16.1 Å². The first kappa shape index (κ1) is 14.6. The smallest absolute Gasteiger partial charge is 0.165 e. The zero-order valence-electron chi connectivity index (χ0n) is 11.8. The third kappa shape index (κ3) is 3.86. The summed E-state index contributed by atoms with van der Waals surface area (Å²) in [5.74, 6) is 1.59. The summed E-state index contributed by atoms with van der Waals surface area (Å²) in [5.41, 5.74) is 0.946. The van der Waals surface area contributed by atoms with E-state index < -0.39 is 0 Å². The lowest BCUT2D eigenvalue weighted by Gasteiger charge is -2.06. The molecule has 0 unspecified atom stereocenters. The summed E-state index contributed by atoms with van der Waals surface area (Å²) in [6.07, 6.45) is 2.50. The Morgan fingerprint density at radius 3 is 2.95 bits per heavy atom. The van der Waals surface area contributed by atoms with Crippen LogP contribution in [0.4, 0.5) is 4.39 Å². The van der Waals surface area contributed by atoms with Crippen molar-refractivity contribution in [2.45, 2.75) is 39.0 Å². The molecule has 1 fully saturated rings. The fourth-order valence-corrected chi connectivity index (χ4v) is 2.43. The van der Waals surface area contributed by atoms with Crippen molar-refractivity contribution in [1.82, 2.24) is 5.32 Å². The van der Waals surface area contributed by atoms with Crippen LogP contribution in [-0.2, 0) is 13.2 Å². The monoisotopic (exact) mass is 353 g/mol. The van der Waals surface area contributed by atoms with E-state index in [4.69, 9.17) is 9.15 Å². The van der Waals surface area contributed by atoms with Crippen molar-refractivity contribution in [3.63, 3.8) is 0 Å². The highest BCUT2D eigenvalue weighted by atomic mass is 79.9. The molecule has 0 atom stereocenters. The molecule has 3 rings (SSSR count). The number of hydrogen-bond acceptors (Lipinski definition) is 3. The van der Waals surface area contributed by atoms with Crippen molar-refractivity contribution in [2.24, 2.45) is 0 Å². The van der Waals surface area contributed by atoms with Crippen molar-refractivity contribution in [2.75, 3.05) is 0 Å². The highest BCUT2D eigenvalue weighted by Crippen LogP contribution is 2.25. The molecule has 0 spiro atoms. The molecule has 1 aromatic carbocycles. The van der Waals surface area contributed by atoms with Gasteiger partial charge in [0.05, 0.1) is 6.54 Å². The van der Waals surface area contributed by atoms with E-state index >= 15 is 0 Å². The first-order valence-corrected chi connectivity index (χ1v) is 7.80. The normalized spacial score (nSPS) is 14.4. The van der Waals surface area contributed by atoms with Crippen LogP contribution >= 0.6 is 15.9 Å². The van der Waals surface area contributed by atoms with Crippen LogP contribution < -0.4 is 10.1 Å². The van der Waals surface area contributed by atoms with E-state index in [0.717, 1.165) is 28.1 Å². The molecule has 0 radical (unpaired) electrons. The topological polar surface area (TPSA) is 34.4 Å². The molecule has 0 aliphatic heterocycles. The molecular formula is C16H17BrFNO2. The molecule has 112 valence electrons. The Balaban J connectivity index is 1.62. The number of halogens is 2. The molecule has 21 heavy (non-hydrogen) atoms. The van der Waals surface area contributed by atoms with Crippen LogP contribution in [0, 0.1) is 12.7 Å². The first-order valence-electron chi connectivity index (χ1n) is 7.01. The molecule has 0 bridgehead atoms. The molecule has 0 amide bonds. The van der Waals surface area contributed by atoms with Gasteiger partial charge < -0.3 is 14.5 Å². The van der Waals surface area contributed by atoms with E-state index in [1.165, 1.54) is 18.9 Å². The summed E-state index contributed by atoms with van der Waals surface area (Å²) in [6, 6.07) is 7.27. The zero-order chi connectivity index (χ0) is 14.8. The standard InChI is InChI=1S/C16H17BrFNO2/c1-10-11(6-14(21-10)8-19-13-3-4-13)9-20-16-7-12(17)2-5-15(16)18/h2,5-7,13,19H,3-4,8-9H2,1H3. The van der Waals surface area contributed by atoms with Gasteiger partial charge in [-0.25, -0.2) is 4.39 Å². The molecule has 1 aliphatic rings. The van der Waals surface area contributed by atoms with Crippen molar-refractivity contribution >= 4 is 15.9 Å². The maximum Gasteiger partial charge on any atom is 0.165 e. The first-order chi connectivity index (χ1) is 10.1. The van der Waals surface area contributed by atoms with Gasteiger partial charge in [-0.2, -0.15) is 0 Å². The summed E-state index contributed by atoms with van der Waals surface area (Å²) in [6.45, 7) is 2.93. The summed E-state index contributed by atoms with van der Waals surface area (Å²) < 4.78 is 25.6. The predicted molar refractivity (Wildman–Crippen MR) is 81.7 cm³/mol. The highest BCUT2D eigenvalue weighted by molar-refractivity contribution is 9.10. The molecule has 1 aliphatic carbocycles. The summed E-state index contributed by atoms with van der Waals surface area (Å²) in [5, 5.41) is 3.40. The van der Waals surface area contributed by atoms with Crippen molar-refractivity contribution < 1.29 is 13.5 Å². The van der Waals surface area contributed by atoms with Gasteiger partial charge in [-0.15, -0.1) is 0 Å². The number of benzene rings is 1. The van der Waals surface area contributed by atoms with Crippen LogP contribution in [0.15, 0.2) is 33.2 Å². The largest absolute Gasteiger partial charge is 0.486 e. The van der Waals surface area contributed by atoms with E-state index in [2.05, 4.69) is 21.2 Å². The lowest BCUT2D eigenvalue weighted by Crippen LogP contribution is -2.14. The Bertz CT molecular complexity index is 637. The van der Waals surface area contributed by atoms with Crippen LogP contribution in [0.3, 0.4) is 0 Å². The van der Waals surface area contributed by atoms with Gasteiger partial charge in [0.1, 0.15) is 18.1 Å². The maximum absolute atomic E-state index is 13.6. The average Bonchev–Trinajstić information content (AvgIpc) is 3.22. The maximum atomic E-state index is 13.6. The van der Waals surface area contributed by atoms with Gasteiger partial charge in [0.15, 0.2) is 11.6 Å². The van der Waals surface area contributed by atoms with Crippen LogP contribution in [0.2, 0.25) is 0 Å². The van der Waals surface area contributed by atoms with Gasteiger partial charge in [-0.1, -0.05) is 15.9 Å². The Morgan fingerprint density at radius 1 is 1.38 bits per heavy atom. The van der Waals surface area contributed by atoms with E-state index in [1.54, 1.807) is 12.1 Å². The van der Waals surface area contributed by atoms with Gasteiger partial charge in [0.2, 0.25) is 0 Å². The Hall–Kier alpha value is -1.33. The number of nitrogens with one attached hydrogen (secondary N) is 1. The second-order valence-corrected chi connectivity index (χ2v) is 6.23. The summed E-state index contributed by atoms with van der Waals surface area (Å²) in [4.78, 5) is 0. The quantitative estimate of drug-likeness (QED) is 0.839. The molecule has 1 N–H and O–H groups in total. The van der Waals surface area contributed by atoms with Crippen LogP contribution in [-0.4, -0.2) is 6.04 Å². The van der Waals surface area contributed by atoms with E-state index in [0.29, 0.717) is 12.6 Å². The van der Waals surface area contributed by atoms with Crippen molar-refractivity contribution in [3.8, 4) is 5.75 Å². The molecular weight excluding hydrogens is 337 g/mol.